The molecule has 1 aromatic carbocycles. The maximum atomic E-state index is 6.39. The third kappa shape index (κ3) is 6.56. The van der Waals surface area contributed by atoms with E-state index in [1.54, 1.807) is 0 Å². The van der Waals surface area contributed by atoms with Gasteiger partial charge in [0.15, 0.2) is 0 Å². The molecule has 0 saturated heterocycles. The molecule has 142 valence electrons. The molecular weight excluding hydrogens is 308 g/mol. The number of benzene rings is 1. The Hall–Kier alpha value is -1.18. The Balaban J connectivity index is 1.77. The molecule has 1 aliphatic rings. The Bertz CT molecular complexity index is 523. The van der Waals surface area contributed by atoms with Gasteiger partial charge in [-0.3, -0.25) is 0 Å². The molecule has 0 aliphatic carbocycles. The van der Waals surface area contributed by atoms with Crippen molar-refractivity contribution in [3.05, 3.63) is 23.8 Å². The molecule has 0 saturated carbocycles. The average Bonchev–Trinajstić information content (AvgIpc) is 2.55. The highest BCUT2D eigenvalue weighted by atomic mass is 16.5. The minimum Gasteiger partial charge on any atom is -0.494 e. The third-order valence-corrected chi connectivity index (χ3v) is 5.50. The van der Waals surface area contributed by atoms with Gasteiger partial charge in [-0.2, -0.15) is 0 Å². The lowest BCUT2D eigenvalue weighted by Crippen LogP contribution is -2.36. The zero-order chi connectivity index (χ0) is 18.3. The fourth-order valence-electron chi connectivity index (χ4n) is 3.84. The van der Waals surface area contributed by atoms with E-state index >= 15 is 0 Å². The van der Waals surface area contributed by atoms with Crippen LogP contribution >= 0.6 is 0 Å². The minimum absolute atomic E-state index is 0.00220. The van der Waals surface area contributed by atoms with Gasteiger partial charge in [0, 0.05) is 0 Å². The predicted octanol–water partition coefficient (Wildman–Crippen LogP) is 6.80. The molecule has 2 atom stereocenters. The van der Waals surface area contributed by atoms with E-state index in [4.69, 9.17) is 9.47 Å². The Kier molecular flexibility index (Phi) is 7.65. The van der Waals surface area contributed by atoms with E-state index in [0.717, 1.165) is 42.6 Å². The summed E-state index contributed by atoms with van der Waals surface area (Å²) in [6, 6.07) is 6.27. The van der Waals surface area contributed by atoms with Crippen LogP contribution in [0.3, 0.4) is 0 Å². The molecule has 0 N–H and O–H groups in total. The second-order valence-corrected chi connectivity index (χ2v) is 8.58. The second kappa shape index (κ2) is 9.50. The summed E-state index contributed by atoms with van der Waals surface area (Å²) in [5.74, 6) is 3.70. The summed E-state index contributed by atoms with van der Waals surface area (Å²) in [6.07, 6.45) is 10.1. The second-order valence-electron chi connectivity index (χ2n) is 8.58. The van der Waals surface area contributed by atoms with E-state index in [9.17, 15) is 0 Å². The molecule has 0 bridgehead atoms. The Labute approximate surface area is 155 Å². The van der Waals surface area contributed by atoms with Gasteiger partial charge in [-0.05, 0) is 75.1 Å². The van der Waals surface area contributed by atoms with Gasteiger partial charge >= 0.3 is 0 Å². The summed E-state index contributed by atoms with van der Waals surface area (Å²) in [5.41, 5.74) is 1.29. The minimum atomic E-state index is -0.00220. The topological polar surface area (TPSA) is 18.5 Å². The van der Waals surface area contributed by atoms with Crippen molar-refractivity contribution in [2.75, 3.05) is 6.61 Å². The van der Waals surface area contributed by atoms with Crippen LogP contribution < -0.4 is 9.47 Å². The monoisotopic (exact) mass is 346 g/mol. The first-order valence-corrected chi connectivity index (χ1v) is 10.4. The lowest BCUT2D eigenvalue weighted by Gasteiger charge is -2.36. The summed E-state index contributed by atoms with van der Waals surface area (Å²) in [7, 11) is 0. The van der Waals surface area contributed by atoms with Crippen molar-refractivity contribution in [3.8, 4) is 11.5 Å². The van der Waals surface area contributed by atoms with Crippen LogP contribution in [0.1, 0.15) is 85.1 Å². The Morgan fingerprint density at radius 3 is 2.60 bits per heavy atom. The van der Waals surface area contributed by atoms with E-state index in [0.29, 0.717) is 6.61 Å². The quantitative estimate of drug-likeness (QED) is 0.463. The van der Waals surface area contributed by atoms with Crippen LogP contribution in [0, 0.1) is 11.8 Å². The molecule has 0 spiro atoms. The summed E-state index contributed by atoms with van der Waals surface area (Å²) >= 11 is 0. The zero-order valence-electron chi connectivity index (χ0n) is 17.1. The Morgan fingerprint density at radius 2 is 1.88 bits per heavy atom. The molecule has 2 unspecified atom stereocenters. The first-order valence-electron chi connectivity index (χ1n) is 10.4. The van der Waals surface area contributed by atoms with Crippen LogP contribution in [0.4, 0.5) is 0 Å². The van der Waals surface area contributed by atoms with E-state index in [1.165, 1.54) is 37.7 Å². The third-order valence-electron chi connectivity index (χ3n) is 5.50. The van der Waals surface area contributed by atoms with Crippen molar-refractivity contribution in [2.24, 2.45) is 11.8 Å². The molecule has 2 rings (SSSR count). The highest BCUT2D eigenvalue weighted by molar-refractivity contribution is 5.42. The molecule has 0 amide bonds. The van der Waals surface area contributed by atoms with Gasteiger partial charge in [0.1, 0.15) is 17.1 Å². The van der Waals surface area contributed by atoms with Gasteiger partial charge in [-0.15, -0.1) is 0 Å². The molecule has 0 radical (unpaired) electrons. The zero-order valence-corrected chi connectivity index (χ0v) is 17.1. The van der Waals surface area contributed by atoms with Gasteiger partial charge in [0.2, 0.25) is 0 Å². The van der Waals surface area contributed by atoms with Crippen LogP contribution in [0.5, 0.6) is 11.5 Å². The van der Waals surface area contributed by atoms with Gasteiger partial charge < -0.3 is 9.47 Å². The van der Waals surface area contributed by atoms with Crippen molar-refractivity contribution in [1.82, 2.24) is 0 Å². The normalized spacial score (nSPS) is 20.9. The van der Waals surface area contributed by atoms with Crippen molar-refractivity contribution in [3.63, 3.8) is 0 Å². The lowest BCUT2D eigenvalue weighted by molar-refractivity contribution is 0.0523. The smallest absolute Gasteiger partial charge is 0.123 e. The molecule has 1 aliphatic heterocycles. The molecule has 1 heterocycles. The molecule has 25 heavy (non-hydrogen) atoms. The summed E-state index contributed by atoms with van der Waals surface area (Å²) < 4.78 is 12.0. The number of hydrogen-bond acceptors (Lipinski definition) is 2. The van der Waals surface area contributed by atoms with Gasteiger partial charge in [-0.1, -0.05) is 46.5 Å². The lowest BCUT2D eigenvalue weighted by atomic mass is 9.86. The van der Waals surface area contributed by atoms with Crippen molar-refractivity contribution >= 4 is 0 Å². The van der Waals surface area contributed by atoms with Crippen LogP contribution in [-0.4, -0.2) is 12.2 Å². The maximum Gasteiger partial charge on any atom is 0.123 e. The first-order chi connectivity index (χ1) is 11.9. The van der Waals surface area contributed by atoms with E-state index in [-0.39, 0.29) is 5.60 Å². The van der Waals surface area contributed by atoms with Crippen LogP contribution in [0.25, 0.3) is 0 Å². The fourth-order valence-corrected chi connectivity index (χ4v) is 3.84. The van der Waals surface area contributed by atoms with E-state index in [2.05, 4.69) is 39.8 Å². The van der Waals surface area contributed by atoms with Gasteiger partial charge in [0.05, 0.1) is 6.61 Å². The summed E-state index contributed by atoms with van der Waals surface area (Å²) in [4.78, 5) is 0. The summed E-state index contributed by atoms with van der Waals surface area (Å²) in [5, 5.41) is 0. The highest BCUT2D eigenvalue weighted by Crippen LogP contribution is 2.38. The molecule has 0 fully saturated rings. The molecule has 2 nitrogen and oxygen atoms in total. The maximum absolute atomic E-state index is 6.39. The number of hydrogen-bond donors (Lipinski definition) is 0. The summed E-state index contributed by atoms with van der Waals surface area (Å²) in [6.45, 7) is 12.1. The van der Waals surface area contributed by atoms with Crippen molar-refractivity contribution in [1.29, 1.82) is 0 Å². The van der Waals surface area contributed by atoms with Crippen molar-refractivity contribution < 1.29 is 9.47 Å². The van der Waals surface area contributed by atoms with E-state index in [1.807, 2.05) is 13.0 Å². The predicted molar refractivity (Wildman–Crippen MR) is 107 cm³/mol. The SMILES string of the molecule is CCOc1ccc2c(c1)CCC(C)(CCCC(C)CCCC(C)C)O2. The standard InChI is InChI=1S/C23H38O2/c1-6-24-21-12-13-22-20(17-21)14-16-23(5,25-22)15-8-11-19(4)10-7-9-18(2)3/h12-13,17-19H,6-11,14-16H2,1-5H3. The number of aryl methyl sites for hydroxylation is 1. The highest BCUT2D eigenvalue weighted by Gasteiger charge is 2.31. The molecule has 2 heteroatoms. The largest absolute Gasteiger partial charge is 0.494 e. The van der Waals surface area contributed by atoms with Crippen molar-refractivity contribution in [2.45, 2.75) is 91.6 Å². The van der Waals surface area contributed by atoms with Crippen LogP contribution in [0.2, 0.25) is 0 Å². The van der Waals surface area contributed by atoms with Gasteiger partial charge in [0.25, 0.3) is 0 Å². The average molecular weight is 347 g/mol. The van der Waals surface area contributed by atoms with Crippen LogP contribution in [-0.2, 0) is 6.42 Å². The van der Waals surface area contributed by atoms with Gasteiger partial charge in [-0.25, -0.2) is 0 Å². The number of fused-ring (bicyclic) bond motifs is 1. The fraction of sp³-hybridized carbons (Fsp3) is 0.739. The molecule has 1 aromatic rings. The molecule has 0 aromatic heterocycles. The van der Waals surface area contributed by atoms with E-state index < -0.39 is 0 Å². The first kappa shape index (κ1) is 20.1. The Morgan fingerprint density at radius 1 is 1.12 bits per heavy atom. The molecular formula is C23H38O2. The number of ether oxygens (including phenoxy) is 2. The van der Waals surface area contributed by atoms with Crippen LogP contribution in [0.15, 0.2) is 18.2 Å². The number of rotatable bonds is 10.